The van der Waals surface area contributed by atoms with E-state index < -0.39 is 5.97 Å². The number of nitrogens with zero attached hydrogens (tertiary/aromatic N) is 1. The summed E-state index contributed by atoms with van der Waals surface area (Å²) in [5, 5.41) is 8.70. The van der Waals surface area contributed by atoms with Gasteiger partial charge in [-0.05, 0) is 37.0 Å². The summed E-state index contributed by atoms with van der Waals surface area (Å²) in [6.07, 6.45) is 0.986. The molecule has 0 radical (unpaired) electrons. The van der Waals surface area contributed by atoms with E-state index in [0.717, 1.165) is 23.1 Å². The zero-order valence-corrected chi connectivity index (χ0v) is 13.9. The molecule has 1 aliphatic heterocycles. The Morgan fingerprint density at radius 2 is 1.82 bits per heavy atom. The van der Waals surface area contributed by atoms with E-state index in [9.17, 15) is 9.59 Å². The van der Waals surface area contributed by atoms with Gasteiger partial charge in [-0.25, -0.2) is 0 Å². The number of carboxylic acids is 1. The smallest absolute Gasteiger partial charge is 0.313 e. The van der Waals surface area contributed by atoms with E-state index in [0.29, 0.717) is 6.54 Å². The highest BCUT2D eigenvalue weighted by molar-refractivity contribution is 8.00. The summed E-state index contributed by atoms with van der Waals surface area (Å²) in [6.45, 7) is 6.34. The zero-order valence-electron chi connectivity index (χ0n) is 13.1. The first kappa shape index (κ1) is 16.6. The maximum absolute atomic E-state index is 12.4. The lowest BCUT2D eigenvalue weighted by Gasteiger charge is -2.25. The normalized spacial score (nSPS) is 18.2. The molecule has 4 nitrogen and oxygen atoms in total. The Hall–Kier alpha value is -1.75. The van der Waals surface area contributed by atoms with Crippen LogP contribution in [-0.2, 0) is 22.6 Å². The molecule has 1 unspecified atom stereocenters. The highest BCUT2D eigenvalue weighted by Crippen LogP contribution is 2.34. The Morgan fingerprint density at radius 1 is 1.23 bits per heavy atom. The molecule has 2 rings (SSSR count). The van der Waals surface area contributed by atoms with Crippen LogP contribution in [-0.4, -0.2) is 33.0 Å². The van der Waals surface area contributed by atoms with E-state index in [2.05, 4.69) is 19.1 Å². The molecule has 1 heterocycles. The lowest BCUT2D eigenvalue weighted by Crippen LogP contribution is -2.33. The van der Waals surface area contributed by atoms with E-state index in [4.69, 9.17) is 5.11 Å². The van der Waals surface area contributed by atoms with Gasteiger partial charge in [0.15, 0.2) is 0 Å². The average Bonchev–Trinajstić information content (AvgIpc) is 2.70. The molecule has 1 aromatic carbocycles. The van der Waals surface area contributed by atoms with Crippen LogP contribution in [0.3, 0.4) is 0 Å². The monoisotopic (exact) mass is 319 g/mol. The van der Waals surface area contributed by atoms with E-state index in [1.807, 2.05) is 26.0 Å². The quantitative estimate of drug-likeness (QED) is 0.875. The number of carbonyl (C=O) groups excluding carboxylic acids is 1. The van der Waals surface area contributed by atoms with Gasteiger partial charge in [-0.15, -0.1) is 11.8 Å². The lowest BCUT2D eigenvalue weighted by molar-refractivity contribution is -0.134. The van der Waals surface area contributed by atoms with Crippen LogP contribution in [0.1, 0.15) is 31.9 Å². The molecule has 0 aromatic heterocycles. The van der Waals surface area contributed by atoms with Crippen LogP contribution in [0.4, 0.5) is 0 Å². The summed E-state index contributed by atoms with van der Waals surface area (Å²) in [6, 6.07) is 8.22. The van der Waals surface area contributed by atoms with Crippen LogP contribution < -0.4 is 0 Å². The van der Waals surface area contributed by atoms with Crippen molar-refractivity contribution < 1.29 is 14.7 Å². The number of hydrogen-bond donors (Lipinski definition) is 1. The summed E-state index contributed by atoms with van der Waals surface area (Å²) < 4.78 is 0. The topological polar surface area (TPSA) is 57.6 Å². The van der Waals surface area contributed by atoms with Crippen molar-refractivity contribution in [2.24, 2.45) is 0 Å². The number of benzene rings is 1. The molecule has 1 atom stereocenters. The van der Waals surface area contributed by atoms with E-state index in [-0.39, 0.29) is 17.0 Å². The standard InChI is InChI=1S/C17H21NO3S/c1-4-13-5-7-14(8-6-13)9-18-16(21)11(2)12(3)17(18)22-10-15(19)20/h5-8,17H,4,9-10H2,1-3H3,(H,19,20). The number of rotatable bonds is 6. The van der Waals surface area contributed by atoms with Gasteiger partial charge >= 0.3 is 5.97 Å². The van der Waals surface area contributed by atoms with E-state index >= 15 is 0 Å². The Morgan fingerprint density at radius 3 is 2.36 bits per heavy atom. The predicted molar refractivity (Wildman–Crippen MR) is 88.6 cm³/mol. The second-order valence-corrected chi connectivity index (χ2v) is 6.54. The van der Waals surface area contributed by atoms with Gasteiger partial charge in [0, 0.05) is 12.1 Å². The minimum atomic E-state index is -0.859. The molecule has 5 heteroatoms. The van der Waals surface area contributed by atoms with Crippen LogP contribution in [0.5, 0.6) is 0 Å². The fourth-order valence-corrected chi connectivity index (χ4v) is 3.58. The fraction of sp³-hybridized carbons (Fsp3) is 0.412. The van der Waals surface area contributed by atoms with Crippen molar-refractivity contribution in [2.75, 3.05) is 5.75 Å². The molecule has 0 saturated carbocycles. The molecule has 0 aliphatic carbocycles. The van der Waals surface area contributed by atoms with Crippen molar-refractivity contribution in [2.45, 2.75) is 39.1 Å². The maximum Gasteiger partial charge on any atom is 0.313 e. The number of aliphatic carboxylic acids is 1. The van der Waals surface area contributed by atoms with Crippen molar-refractivity contribution in [3.8, 4) is 0 Å². The number of carboxylic acid groups (broad SMARTS) is 1. The highest BCUT2D eigenvalue weighted by Gasteiger charge is 2.35. The molecule has 0 fully saturated rings. The molecular weight excluding hydrogens is 298 g/mol. The second-order valence-electron chi connectivity index (χ2n) is 5.47. The Bertz CT molecular complexity index is 607. The first-order chi connectivity index (χ1) is 10.4. The Labute approximate surface area is 135 Å². The predicted octanol–water partition coefficient (Wildman–Crippen LogP) is 3.07. The lowest BCUT2D eigenvalue weighted by atomic mass is 10.1. The number of amides is 1. The molecular formula is C17H21NO3S. The van der Waals surface area contributed by atoms with E-state index in [1.165, 1.54) is 17.3 Å². The van der Waals surface area contributed by atoms with Crippen LogP contribution in [0, 0.1) is 0 Å². The van der Waals surface area contributed by atoms with Crippen molar-refractivity contribution >= 4 is 23.6 Å². The molecule has 1 N–H and O–H groups in total. The molecule has 118 valence electrons. The summed E-state index contributed by atoms with van der Waals surface area (Å²) >= 11 is 1.29. The minimum absolute atomic E-state index is 0.0000400. The molecule has 0 spiro atoms. The molecule has 0 saturated heterocycles. The van der Waals surface area contributed by atoms with Crippen molar-refractivity contribution in [1.29, 1.82) is 0 Å². The third kappa shape index (κ3) is 3.53. The number of hydrogen-bond acceptors (Lipinski definition) is 3. The first-order valence-corrected chi connectivity index (χ1v) is 8.38. The molecule has 1 amide bonds. The van der Waals surface area contributed by atoms with Crippen molar-refractivity contribution in [1.82, 2.24) is 4.90 Å². The van der Waals surface area contributed by atoms with Gasteiger partial charge in [0.25, 0.3) is 5.91 Å². The Balaban J connectivity index is 2.15. The van der Waals surface area contributed by atoms with Crippen LogP contribution >= 0.6 is 11.8 Å². The van der Waals surface area contributed by atoms with Gasteiger partial charge in [-0.3, -0.25) is 9.59 Å². The van der Waals surface area contributed by atoms with E-state index in [1.54, 1.807) is 4.90 Å². The third-order valence-corrected chi connectivity index (χ3v) is 5.31. The summed E-state index contributed by atoms with van der Waals surface area (Å²) in [5.74, 6) is -0.865. The molecule has 22 heavy (non-hydrogen) atoms. The first-order valence-electron chi connectivity index (χ1n) is 7.33. The molecule has 1 aliphatic rings. The summed E-state index contributed by atoms with van der Waals surface area (Å²) in [5.41, 5.74) is 4.02. The molecule has 1 aromatic rings. The second kappa shape index (κ2) is 7.01. The Kier molecular flexibility index (Phi) is 5.29. The van der Waals surface area contributed by atoms with Crippen LogP contribution in [0.15, 0.2) is 35.4 Å². The maximum atomic E-state index is 12.4. The third-order valence-electron chi connectivity index (χ3n) is 3.98. The van der Waals surface area contributed by atoms with Gasteiger partial charge in [-0.1, -0.05) is 31.2 Å². The van der Waals surface area contributed by atoms with Crippen molar-refractivity contribution in [3.63, 3.8) is 0 Å². The van der Waals surface area contributed by atoms with Crippen LogP contribution in [0.25, 0.3) is 0 Å². The fourth-order valence-electron chi connectivity index (χ4n) is 2.51. The number of carbonyl (C=O) groups is 2. The zero-order chi connectivity index (χ0) is 16.3. The minimum Gasteiger partial charge on any atom is -0.481 e. The molecule has 0 bridgehead atoms. The SMILES string of the molecule is CCc1ccc(CN2C(=O)C(C)=C(C)C2SCC(=O)O)cc1. The van der Waals surface area contributed by atoms with Gasteiger partial charge in [0.1, 0.15) is 5.37 Å². The van der Waals surface area contributed by atoms with Gasteiger partial charge in [0.2, 0.25) is 0 Å². The number of aryl methyl sites for hydroxylation is 1. The summed E-state index contributed by atoms with van der Waals surface area (Å²) in [7, 11) is 0. The summed E-state index contributed by atoms with van der Waals surface area (Å²) in [4.78, 5) is 25.0. The average molecular weight is 319 g/mol. The van der Waals surface area contributed by atoms with Gasteiger partial charge in [-0.2, -0.15) is 0 Å². The van der Waals surface area contributed by atoms with Crippen molar-refractivity contribution in [3.05, 3.63) is 46.5 Å². The number of thioether (sulfide) groups is 1. The van der Waals surface area contributed by atoms with Gasteiger partial charge in [0.05, 0.1) is 5.75 Å². The van der Waals surface area contributed by atoms with Gasteiger partial charge < -0.3 is 10.0 Å². The largest absolute Gasteiger partial charge is 0.481 e. The highest BCUT2D eigenvalue weighted by atomic mass is 32.2. The van der Waals surface area contributed by atoms with Crippen LogP contribution in [0.2, 0.25) is 0 Å².